The highest BCUT2D eigenvalue weighted by Crippen LogP contribution is 2.55. The number of carbonyl (C=O) groups is 3. The number of hydrogen-bond acceptors (Lipinski definition) is 9. The fraction of sp³-hybridized carbons (Fsp3) is 0.432. The van der Waals surface area contributed by atoms with Gasteiger partial charge < -0.3 is 14.2 Å². The van der Waals surface area contributed by atoms with E-state index in [0.29, 0.717) is 19.8 Å². The highest BCUT2D eigenvalue weighted by molar-refractivity contribution is 7.97. The number of ether oxygens (including phenoxy) is 3. The first-order valence-electron chi connectivity index (χ1n) is 16.4. The van der Waals surface area contributed by atoms with E-state index in [-0.39, 0.29) is 29.2 Å². The quantitative estimate of drug-likeness (QED) is 0.0906. The molecular weight excluding hydrogens is 691 g/mol. The summed E-state index contributed by atoms with van der Waals surface area (Å²) in [6.07, 6.45) is -0.809. The zero-order chi connectivity index (χ0) is 36.1. The largest absolute Gasteiger partial charge is 0.459 e. The van der Waals surface area contributed by atoms with Crippen LogP contribution in [0.1, 0.15) is 46.5 Å². The molecule has 6 rings (SSSR count). The lowest BCUT2D eigenvalue weighted by atomic mass is 9.84. The predicted octanol–water partition coefficient (Wildman–Crippen LogP) is 6.37. The summed E-state index contributed by atoms with van der Waals surface area (Å²) in [5.74, 6) is -6.22. The average Bonchev–Trinajstić information content (AvgIpc) is 3.73. The van der Waals surface area contributed by atoms with E-state index < -0.39 is 76.5 Å². The number of halogens is 2. The van der Waals surface area contributed by atoms with Gasteiger partial charge in [0.2, 0.25) is 0 Å². The molecule has 2 saturated carbocycles. The fourth-order valence-electron chi connectivity index (χ4n) is 6.52. The number of esters is 3. The first-order valence-corrected chi connectivity index (χ1v) is 19.1. The molecule has 3 aromatic carbocycles. The second-order valence-electron chi connectivity index (χ2n) is 13.1. The summed E-state index contributed by atoms with van der Waals surface area (Å²) < 4.78 is 69.5. The molecule has 3 aromatic rings. The summed E-state index contributed by atoms with van der Waals surface area (Å²) in [5.41, 5.74) is -1.37. The van der Waals surface area contributed by atoms with Crippen molar-refractivity contribution in [2.45, 2.75) is 84.5 Å². The van der Waals surface area contributed by atoms with Gasteiger partial charge in [0.15, 0.2) is 27.9 Å². The lowest BCUT2D eigenvalue weighted by Gasteiger charge is -2.26. The van der Waals surface area contributed by atoms with E-state index in [1.807, 2.05) is 0 Å². The zero-order valence-corrected chi connectivity index (χ0v) is 29.7. The van der Waals surface area contributed by atoms with Gasteiger partial charge in [0, 0.05) is 18.8 Å². The van der Waals surface area contributed by atoms with Crippen molar-refractivity contribution in [2.75, 3.05) is 13.2 Å². The topological polar surface area (TPSA) is 122 Å². The molecule has 0 amide bonds. The lowest BCUT2D eigenvalue weighted by molar-refractivity contribution is -0.174. The first kappa shape index (κ1) is 37.4. The van der Waals surface area contributed by atoms with Crippen molar-refractivity contribution in [2.24, 2.45) is 17.3 Å². The van der Waals surface area contributed by atoms with Crippen LogP contribution >= 0.6 is 0 Å². The molecule has 1 heterocycles. The molecular formula is C37H41F2O9S2+. The summed E-state index contributed by atoms with van der Waals surface area (Å²) in [4.78, 5) is 40.5. The Morgan fingerprint density at radius 1 is 0.820 bits per heavy atom. The number of rotatable bonds is 12. The summed E-state index contributed by atoms with van der Waals surface area (Å²) in [6.45, 7) is 1.77. The second kappa shape index (κ2) is 15.6. The van der Waals surface area contributed by atoms with Crippen LogP contribution in [-0.2, 0) is 53.8 Å². The third-order valence-corrected chi connectivity index (χ3v) is 13.2. The van der Waals surface area contributed by atoms with Crippen LogP contribution in [0.2, 0.25) is 0 Å². The number of hydrogen-bond donors (Lipinski definition) is 0. The van der Waals surface area contributed by atoms with Crippen molar-refractivity contribution in [3.8, 4) is 0 Å². The maximum Gasteiger partial charge on any atom is 0.344 e. The van der Waals surface area contributed by atoms with E-state index in [1.54, 1.807) is 6.92 Å². The molecule has 50 heavy (non-hydrogen) atoms. The number of carbonyl (C=O) groups excluding carboxylic acids is 3. The van der Waals surface area contributed by atoms with E-state index in [0.717, 1.165) is 0 Å². The van der Waals surface area contributed by atoms with Crippen LogP contribution in [0.25, 0.3) is 0 Å². The Labute approximate surface area is 294 Å². The Kier molecular flexibility index (Phi) is 11.7. The van der Waals surface area contributed by atoms with Crippen molar-refractivity contribution in [1.82, 2.24) is 0 Å². The third-order valence-electron chi connectivity index (χ3n) is 9.23. The van der Waals surface area contributed by atoms with Gasteiger partial charge in [-0.1, -0.05) is 61.5 Å². The normalized spacial score (nSPS) is 24.1. The summed E-state index contributed by atoms with van der Waals surface area (Å²) in [6, 6.07) is 32.2. The number of benzene rings is 3. The van der Waals surface area contributed by atoms with Crippen molar-refractivity contribution in [3.63, 3.8) is 0 Å². The van der Waals surface area contributed by atoms with Gasteiger partial charge in [-0.15, -0.1) is 0 Å². The van der Waals surface area contributed by atoms with E-state index >= 15 is 0 Å². The van der Waals surface area contributed by atoms with Gasteiger partial charge in [-0.2, -0.15) is 8.42 Å². The Bertz CT molecular complexity index is 1640. The monoisotopic (exact) mass is 731 g/mol. The van der Waals surface area contributed by atoms with Gasteiger partial charge in [-0.25, -0.2) is 13.6 Å². The minimum atomic E-state index is -3.64. The van der Waals surface area contributed by atoms with Crippen LogP contribution < -0.4 is 0 Å². The Morgan fingerprint density at radius 3 is 1.82 bits per heavy atom. The molecule has 0 radical (unpaired) electrons. The van der Waals surface area contributed by atoms with Crippen molar-refractivity contribution < 1.29 is 50.0 Å². The Morgan fingerprint density at radius 2 is 1.34 bits per heavy atom. The molecule has 9 nitrogen and oxygen atoms in total. The fourth-order valence-corrected chi connectivity index (χ4v) is 10.5. The molecule has 268 valence electrons. The van der Waals surface area contributed by atoms with Crippen molar-refractivity contribution in [3.05, 3.63) is 91.0 Å². The maximum atomic E-state index is 12.8. The molecule has 1 aliphatic heterocycles. The molecule has 3 aliphatic rings. The van der Waals surface area contributed by atoms with E-state index in [4.69, 9.17) is 13.7 Å². The molecule has 0 N–H and O–H groups in total. The highest BCUT2D eigenvalue weighted by atomic mass is 32.2. The predicted molar refractivity (Wildman–Crippen MR) is 181 cm³/mol. The van der Waals surface area contributed by atoms with Crippen LogP contribution in [0.15, 0.2) is 106 Å². The molecule has 2 aliphatic carbocycles. The summed E-state index contributed by atoms with van der Waals surface area (Å²) >= 11 is 0. The lowest BCUT2D eigenvalue weighted by Crippen LogP contribution is -2.39. The summed E-state index contributed by atoms with van der Waals surface area (Å²) in [5, 5.41) is -0.548. The molecule has 13 heteroatoms. The summed E-state index contributed by atoms with van der Waals surface area (Å²) in [7, 11) is -3.66. The van der Waals surface area contributed by atoms with Gasteiger partial charge in [0.05, 0.1) is 28.0 Å². The van der Waals surface area contributed by atoms with Crippen LogP contribution in [0.4, 0.5) is 8.78 Å². The highest BCUT2D eigenvalue weighted by Gasteiger charge is 2.65. The first-order chi connectivity index (χ1) is 23.7. The van der Waals surface area contributed by atoms with Gasteiger partial charge >= 0.3 is 17.9 Å². The molecule has 0 spiro atoms. The minimum Gasteiger partial charge on any atom is -0.459 e. The second-order valence-corrected chi connectivity index (χ2v) is 16.9. The average molecular weight is 732 g/mol. The molecule has 2 bridgehead atoms. The molecule has 3 fully saturated rings. The molecule has 0 aromatic heterocycles. The van der Waals surface area contributed by atoms with Gasteiger partial charge in [0.1, 0.15) is 12.2 Å². The number of fused-ring (bicyclic) bond motifs is 1. The third kappa shape index (κ3) is 8.91. The molecule has 1 saturated heterocycles. The number of alkyl halides is 2. The van der Waals surface area contributed by atoms with Crippen LogP contribution in [0.3, 0.4) is 0 Å². The molecule has 6 atom stereocenters. The zero-order valence-electron chi connectivity index (χ0n) is 28.0. The van der Waals surface area contributed by atoms with Crippen LogP contribution in [0.5, 0.6) is 0 Å². The SMILES string of the molecule is CCC(C)(CC(=O)OCC(C)(F)F)C(=O)OCC(=O)OC1C2CC3C1OS(=O)(=O)C3C2.c1ccc([S+](c2ccccc2)c2ccccc2)cc1. The Balaban J connectivity index is 0.000000217. The van der Waals surface area contributed by atoms with Crippen LogP contribution in [0, 0.1) is 17.3 Å². The van der Waals surface area contributed by atoms with E-state index in [9.17, 15) is 31.6 Å². The van der Waals surface area contributed by atoms with E-state index in [2.05, 4.69) is 95.7 Å². The maximum absolute atomic E-state index is 12.8. The van der Waals surface area contributed by atoms with Crippen LogP contribution in [-0.4, -0.2) is 62.9 Å². The van der Waals surface area contributed by atoms with Gasteiger partial charge in [-0.05, 0) is 62.6 Å². The standard InChI is InChI=1S/C19H26F2O9S.C18H15S/c1-4-18(2,7-13(22)28-9-19(3,20)21)17(24)27-8-14(23)29-15-10-5-11-12(6-10)31(25,26)30-16(11)15;1-4-10-16(11-5-1)19(17-12-6-2-7-13-17)18-14-8-3-9-15-18/h10-12,15-16H,4-9H2,1-3H3;1-15H/q;+1. The van der Waals surface area contributed by atoms with Gasteiger partial charge in [-0.3, -0.25) is 13.8 Å². The van der Waals surface area contributed by atoms with Crippen molar-refractivity contribution in [1.29, 1.82) is 0 Å². The smallest absolute Gasteiger partial charge is 0.344 e. The van der Waals surface area contributed by atoms with E-state index in [1.165, 1.54) is 21.6 Å². The molecule has 6 unspecified atom stereocenters. The minimum absolute atomic E-state index is 0.0146. The van der Waals surface area contributed by atoms with Crippen molar-refractivity contribution >= 4 is 38.9 Å². The Hall–Kier alpha value is -3.81. The van der Waals surface area contributed by atoms with Gasteiger partial charge in [0.25, 0.3) is 16.0 Å².